The lowest BCUT2D eigenvalue weighted by atomic mass is 10.1. The van der Waals surface area contributed by atoms with Gasteiger partial charge in [-0.05, 0) is 37.5 Å². The van der Waals surface area contributed by atoms with Crippen LogP contribution in [0.4, 0.5) is 0 Å². The van der Waals surface area contributed by atoms with Crippen LogP contribution in [-0.2, 0) is 18.6 Å². The zero-order valence-electron chi connectivity index (χ0n) is 15.9. The van der Waals surface area contributed by atoms with E-state index in [1.807, 2.05) is 21.1 Å². The molecule has 0 N–H and O–H groups in total. The van der Waals surface area contributed by atoms with Crippen LogP contribution in [0.15, 0.2) is 11.0 Å². The second-order valence-corrected chi connectivity index (χ2v) is 8.56. The van der Waals surface area contributed by atoms with Crippen LogP contribution in [0.3, 0.4) is 0 Å². The van der Waals surface area contributed by atoms with Crippen LogP contribution in [0.1, 0.15) is 46.0 Å². The van der Waals surface area contributed by atoms with E-state index in [0.29, 0.717) is 4.48 Å². The number of unbranched alkanes of at least 4 members (excludes halogenated alkanes) is 1. The highest BCUT2D eigenvalue weighted by atomic mass is 32.2. The third-order valence-corrected chi connectivity index (χ3v) is 6.37. The summed E-state index contributed by atoms with van der Waals surface area (Å²) < 4.78 is 29.3. The molecule has 1 rings (SSSR count). The van der Waals surface area contributed by atoms with Gasteiger partial charge in [-0.15, -0.1) is 11.8 Å². The lowest BCUT2D eigenvalue weighted by molar-refractivity contribution is -0.974. The van der Waals surface area contributed by atoms with Gasteiger partial charge in [-0.25, -0.2) is 9.09 Å². The first-order valence-electron chi connectivity index (χ1n) is 8.67. The fraction of sp³-hybridized carbons (Fsp3) is 0.882. The zero-order valence-corrected chi connectivity index (χ0v) is 17.6. The first-order valence-corrected chi connectivity index (χ1v) is 10.3. The van der Waals surface area contributed by atoms with Crippen molar-refractivity contribution in [1.29, 1.82) is 0 Å². The molecule has 0 aromatic heterocycles. The van der Waals surface area contributed by atoms with E-state index in [1.54, 1.807) is 18.9 Å². The van der Waals surface area contributed by atoms with E-state index < -0.39 is 5.91 Å². The number of rotatable bonds is 11. The van der Waals surface area contributed by atoms with Crippen LogP contribution in [0.25, 0.3) is 0 Å². The van der Waals surface area contributed by atoms with Crippen molar-refractivity contribution in [2.75, 3.05) is 34.9 Å². The molecule has 0 aliphatic carbocycles. The Balaban J connectivity index is 3.20. The number of ether oxygens (including phenoxy) is 2. The van der Waals surface area contributed by atoms with Crippen LogP contribution in [0, 0.1) is 0 Å². The Morgan fingerprint density at radius 3 is 2.62 bits per heavy atom. The van der Waals surface area contributed by atoms with Gasteiger partial charge in [-0.2, -0.15) is 0 Å². The molecule has 7 heteroatoms. The van der Waals surface area contributed by atoms with Gasteiger partial charge in [0.25, 0.3) is 0 Å². The molecule has 24 heavy (non-hydrogen) atoms. The number of nitrogens with zero attached hydrogens (tertiary/aromatic N) is 1. The molecule has 0 aromatic carbocycles. The first-order chi connectivity index (χ1) is 11.4. The van der Waals surface area contributed by atoms with E-state index in [2.05, 4.69) is 19.9 Å². The molecule has 0 spiro atoms. The van der Waals surface area contributed by atoms with E-state index in [-0.39, 0.29) is 20.0 Å². The van der Waals surface area contributed by atoms with Gasteiger partial charge in [0, 0.05) is 13.7 Å². The fourth-order valence-corrected chi connectivity index (χ4v) is 5.36. The molecule has 1 fully saturated rings. The maximum absolute atomic E-state index is 11.4. The molecule has 0 aromatic rings. The summed E-state index contributed by atoms with van der Waals surface area (Å²) in [5, 5.41) is -0.102. The van der Waals surface area contributed by atoms with Crippen LogP contribution in [-0.4, -0.2) is 56.6 Å². The van der Waals surface area contributed by atoms with Crippen molar-refractivity contribution in [2.45, 2.75) is 63.2 Å². The summed E-state index contributed by atoms with van der Waals surface area (Å²) in [5.74, 6) is -1.05. The van der Waals surface area contributed by atoms with Crippen molar-refractivity contribution < 1.29 is 23.0 Å². The van der Waals surface area contributed by atoms with Gasteiger partial charge in [0.15, 0.2) is 0 Å². The fourth-order valence-electron chi connectivity index (χ4n) is 3.05. The number of thioether (sulfide) groups is 1. The molecule has 3 atom stereocenters. The molecule has 5 nitrogen and oxygen atoms in total. The molecule has 1 saturated heterocycles. The van der Waals surface area contributed by atoms with Gasteiger partial charge in [0.2, 0.25) is 0 Å². The Bertz CT molecular complexity index is 421. The minimum Gasteiger partial charge on any atom is -0.377 e. The molecular weight excluding hydrogens is 345 g/mol. The molecule has 0 amide bonds. The lowest BCUT2D eigenvalue weighted by Crippen LogP contribution is -2.66. The predicted octanol–water partition coefficient (Wildman–Crippen LogP) is 4.59. The zero-order chi connectivity index (χ0) is 18.2. The van der Waals surface area contributed by atoms with Crippen LogP contribution >= 0.6 is 20.4 Å². The SMILES string of the molecule is CC=C(CCCC)SC(C1CCCO1)C(OC)(OP=O)[N+](C)(C)C. The van der Waals surface area contributed by atoms with Crippen molar-refractivity contribution in [3.05, 3.63) is 11.0 Å². The summed E-state index contributed by atoms with van der Waals surface area (Å²) >= 11 is 1.75. The molecule has 0 radical (unpaired) electrons. The summed E-state index contributed by atoms with van der Waals surface area (Å²) in [6.07, 6.45) is 7.52. The number of hydrogen-bond donors (Lipinski definition) is 0. The van der Waals surface area contributed by atoms with Crippen LogP contribution in [0.5, 0.6) is 0 Å². The third-order valence-electron chi connectivity index (χ3n) is 4.43. The van der Waals surface area contributed by atoms with Gasteiger partial charge in [-0.3, -0.25) is 4.48 Å². The number of methoxy groups -OCH3 is 1. The smallest absolute Gasteiger partial charge is 0.343 e. The molecule has 0 saturated carbocycles. The van der Waals surface area contributed by atoms with E-state index >= 15 is 0 Å². The monoisotopic (exact) mass is 378 g/mol. The van der Waals surface area contributed by atoms with E-state index in [9.17, 15) is 4.57 Å². The van der Waals surface area contributed by atoms with E-state index in [0.717, 1.165) is 38.7 Å². The molecular formula is C17H33NO4PS+. The second kappa shape index (κ2) is 10.2. The standard InChI is InChI=1S/C17H33NO4PS/c1-7-9-11-14(8-2)24-16(15-12-10-13-21-15)17(20-6,22-23-19)18(3,4)5/h8,15-16H,7,9-13H2,1-6H3/q+1. The Kier molecular flexibility index (Phi) is 9.42. The average molecular weight is 378 g/mol. The van der Waals surface area contributed by atoms with Crippen LogP contribution < -0.4 is 0 Å². The maximum Gasteiger partial charge on any atom is 0.343 e. The van der Waals surface area contributed by atoms with Gasteiger partial charge in [-0.1, -0.05) is 19.4 Å². The summed E-state index contributed by atoms with van der Waals surface area (Å²) in [4.78, 5) is 1.30. The van der Waals surface area contributed by atoms with Gasteiger partial charge < -0.3 is 9.47 Å². The highest BCUT2D eigenvalue weighted by Gasteiger charge is 2.57. The summed E-state index contributed by atoms with van der Waals surface area (Å²) in [5.41, 5.74) is 0. The highest BCUT2D eigenvalue weighted by molar-refractivity contribution is 8.03. The van der Waals surface area contributed by atoms with Crippen LogP contribution in [0.2, 0.25) is 0 Å². The largest absolute Gasteiger partial charge is 0.377 e. The average Bonchev–Trinajstić information content (AvgIpc) is 3.06. The third kappa shape index (κ3) is 5.26. The molecule has 1 aliphatic rings. The minimum atomic E-state index is -1.05. The minimum absolute atomic E-state index is 0.0191. The van der Waals surface area contributed by atoms with E-state index in [1.165, 1.54) is 4.91 Å². The molecule has 3 unspecified atom stereocenters. The van der Waals surface area contributed by atoms with Gasteiger partial charge in [0.1, 0.15) is 5.25 Å². The summed E-state index contributed by atoms with van der Waals surface area (Å²) in [6.45, 7) is 5.02. The van der Waals surface area contributed by atoms with Crippen molar-refractivity contribution in [1.82, 2.24) is 0 Å². The molecule has 1 aliphatic heterocycles. The maximum atomic E-state index is 11.4. The molecule has 0 bridgehead atoms. The highest BCUT2D eigenvalue weighted by Crippen LogP contribution is 2.44. The second-order valence-electron chi connectivity index (χ2n) is 6.96. The predicted molar refractivity (Wildman–Crippen MR) is 100 cm³/mol. The number of allylic oxidation sites excluding steroid dienone is 2. The van der Waals surface area contributed by atoms with Gasteiger partial charge in [0.05, 0.1) is 27.2 Å². The summed E-state index contributed by atoms with van der Waals surface area (Å²) in [7, 11) is 7.24. The van der Waals surface area contributed by atoms with Crippen molar-refractivity contribution in [3.8, 4) is 0 Å². The van der Waals surface area contributed by atoms with E-state index in [4.69, 9.17) is 14.0 Å². The first kappa shape index (κ1) is 22.1. The Labute approximate surface area is 153 Å². The lowest BCUT2D eigenvalue weighted by Gasteiger charge is -2.47. The topological polar surface area (TPSA) is 44.8 Å². The molecule has 140 valence electrons. The van der Waals surface area contributed by atoms with Gasteiger partial charge >= 0.3 is 14.6 Å². The Morgan fingerprint density at radius 2 is 2.21 bits per heavy atom. The Morgan fingerprint density at radius 1 is 1.50 bits per heavy atom. The number of hydrogen-bond acceptors (Lipinski definition) is 5. The quantitative estimate of drug-likeness (QED) is 0.299. The Hall–Kier alpha value is 0.0300. The van der Waals surface area contributed by atoms with Crippen molar-refractivity contribution >= 4 is 20.4 Å². The normalized spacial score (nSPS) is 23.4. The van der Waals surface area contributed by atoms with Crippen molar-refractivity contribution in [2.24, 2.45) is 0 Å². The molecule has 1 heterocycles. The summed E-state index contributed by atoms with van der Waals surface area (Å²) in [6, 6.07) is 0. The number of quaternary nitrogens is 1. The van der Waals surface area contributed by atoms with Crippen molar-refractivity contribution in [3.63, 3.8) is 0 Å².